The van der Waals surface area contributed by atoms with Gasteiger partial charge >= 0.3 is 0 Å². The van der Waals surface area contributed by atoms with Crippen LogP contribution in [0.5, 0.6) is 11.5 Å². The van der Waals surface area contributed by atoms with E-state index in [2.05, 4.69) is 5.32 Å². The zero-order chi connectivity index (χ0) is 15.4. The molecule has 0 bridgehead atoms. The molecular weight excluding hydrogens is 293 g/mol. The van der Waals surface area contributed by atoms with Crippen LogP contribution in [0.25, 0.3) is 0 Å². The smallest absolute Gasteiger partial charge is 0.164 e. The fraction of sp³-hybridized carbons (Fsp3) is 0.250. The summed E-state index contributed by atoms with van der Waals surface area (Å²) in [7, 11) is 3.19. The molecule has 0 aliphatic heterocycles. The van der Waals surface area contributed by atoms with Crippen molar-refractivity contribution >= 4 is 17.3 Å². The Morgan fingerprint density at radius 3 is 2.57 bits per heavy atom. The van der Waals surface area contributed by atoms with Crippen LogP contribution in [-0.2, 0) is 0 Å². The van der Waals surface area contributed by atoms with E-state index < -0.39 is 5.82 Å². The molecule has 3 nitrogen and oxygen atoms in total. The van der Waals surface area contributed by atoms with Gasteiger partial charge in [-0.15, -0.1) is 0 Å². The summed E-state index contributed by atoms with van der Waals surface area (Å²) in [5, 5.41) is 3.19. The summed E-state index contributed by atoms with van der Waals surface area (Å²) in [4.78, 5) is 0. The second kappa shape index (κ2) is 6.68. The van der Waals surface area contributed by atoms with E-state index in [1.165, 1.54) is 6.07 Å². The monoisotopic (exact) mass is 309 g/mol. The van der Waals surface area contributed by atoms with Gasteiger partial charge in [-0.1, -0.05) is 17.7 Å². The van der Waals surface area contributed by atoms with Crippen LogP contribution in [0, 0.1) is 5.82 Å². The van der Waals surface area contributed by atoms with E-state index in [-0.39, 0.29) is 11.1 Å². The van der Waals surface area contributed by atoms with Crippen molar-refractivity contribution in [2.75, 3.05) is 19.5 Å². The van der Waals surface area contributed by atoms with Crippen LogP contribution in [0.4, 0.5) is 10.1 Å². The minimum absolute atomic E-state index is 0.0878. The van der Waals surface area contributed by atoms with Crippen molar-refractivity contribution < 1.29 is 13.9 Å². The van der Waals surface area contributed by atoms with Crippen LogP contribution in [0.2, 0.25) is 5.02 Å². The van der Waals surface area contributed by atoms with Gasteiger partial charge in [0, 0.05) is 5.56 Å². The Kier molecular flexibility index (Phi) is 4.91. The Labute approximate surface area is 128 Å². The molecule has 0 aliphatic carbocycles. The van der Waals surface area contributed by atoms with E-state index in [1.54, 1.807) is 26.4 Å². The van der Waals surface area contributed by atoms with Gasteiger partial charge in [-0.2, -0.15) is 0 Å². The predicted molar refractivity (Wildman–Crippen MR) is 83.0 cm³/mol. The maximum Gasteiger partial charge on any atom is 0.164 e. The Morgan fingerprint density at radius 1 is 1.14 bits per heavy atom. The molecule has 1 unspecified atom stereocenters. The van der Waals surface area contributed by atoms with Crippen molar-refractivity contribution in [2.24, 2.45) is 0 Å². The molecule has 1 atom stereocenters. The number of rotatable bonds is 5. The maximum atomic E-state index is 14.0. The molecule has 0 saturated carbocycles. The summed E-state index contributed by atoms with van der Waals surface area (Å²) in [5.41, 5.74) is 1.22. The molecule has 0 spiro atoms. The van der Waals surface area contributed by atoms with E-state index in [9.17, 15) is 4.39 Å². The third-order valence-electron chi connectivity index (χ3n) is 3.23. The molecule has 0 heterocycles. The summed E-state index contributed by atoms with van der Waals surface area (Å²) in [6.07, 6.45) is 0. The molecule has 21 heavy (non-hydrogen) atoms. The third-order valence-corrected chi connectivity index (χ3v) is 3.52. The fourth-order valence-electron chi connectivity index (χ4n) is 2.10. The van der Waals surface area contributed by atoms with E-state index >= 15 is 0 Å². The van der Waals surface area contributed by atoms with Gasteiger partial charge in [0.2, 0.25) is 0 Å². The molecule has 0 saturated heterocycles. The van der Waals surface area contributed by atoms with E-state index in [0.717, 1.165) is 5.56 Å². The number of methoxy groups -OCH3 is 2. The highest BCUT2D eigenvalue weighted by molar-refractivity contribution is 6.31. The van der Waals surface area contributed by atoms with E-state index in [1.807, 2.05) is 25.1 Å². The predicted octanol–water partition coefficient (Wildman–Crippen LogP) is 4.67. The SMILES string of the molecule is COc1ccc(OC)c(C(C)Nc2cccc(Cl)c2F)c1. The lowest BCUT2D eigenvalue weighted by Gasteiger charge is -2.19. The number of nitrogens with one attached hydrogen (secondary N) is 1. The van der Waals surface area contributed by atoms with Crippen molar-refractivity contribution in [2.45, 2.75) is 13.0 Å². The van der Waals surface area contributed by atoms with Gasteiger partial charge in [0.25, 0.3) is 0 Å². The quantitative estimate of drug-likeness (QED) is 0.870. The molecule has 0 aliphatic rings. The Morgan fingerprint density at radius 2 is 1.90 bits per heavy atom. The highest BCUT2D eigenvalue weighted by atomic mass is 35.5. The van der Waals surface area contributed by atoms with Crippen molar-refractivity contribution in [1.29, 1.82) is 0 Å². The average molecular weight is 310 g/mol. The molecule has 5 heteroatoms. The van der Waals surface area contributed by atoms with Crippen LogP contribution < -0.4 is 14.8 Å². The molecule has 0 radical (unpaired) electrons. The number of benzene rings is 2. The number of ether oxygens (including phenoxy) is 2. The summed E-state index contributed by atoms with van der Waals surface area (Å²) in [6.45, 7) is 1.91. The van der Waals surface area contributed by atoms with E-state index in [4.69, 9.17) is 21.1 Å². The summed E-state index contributed by atoms with van der Waals surface area (Å²) in [5.74, 6) is 0.956. The van der Waals surface area contributed by atoms with Crippen molar-refractivity contribution in [3.8, 4) is 11.5 Å². The number of anilines is 1. The van der Waals surface area contributed by atoms with Gasteiger partial charge in [-0.25, -0.2) is 4.39 Å². The summed E-state index contributed by atoms with van der Waals surface area (Å²) in [6, 6.07) is 10.2. The summed E-state index contributed by atoms with van der Waals surface area (Å²) < 4.78 is 24.5. The first-order valence-electron chi connectivity index (χ1n) is 6.49. The van der Waals surface area contributed by atoms with Crippen LogP contribution in [0.15, 0.2) is 36.4 Å². The molecule has 2 aromatic carbocycles. The van der Waals surface area contributed by atoms with Gasteiger partial charge < -0.3 is 14.8 Å². The first kappa shape index (κ1) is 15.4. The molecule has 0 fully saturated rings. The van der Waals surface area contributed by atoms with Gasteiger partial charge in [0.1, 0.15) is 11.5 Å². The van der Waals surface area contributed by atoms with Crippen molar-refractivity contribution in [3.63, 3.8) is 0 Å². The molecule has 2 aromatic rings. The second-order valence-corrected chi connectivity index (χ2v) is 4.98. The minimum Gasteiger partial charge on any atom is -0.497 e. The third kappa shape index (κ3) is 3.39. The van der Waals surface area contributed by atoms with Crippen LogP contribution in [-0.4, -0.2) is 14.2 Å². The standard InChI is InChI=1S/C16H17ClFNO2/c1-10(19-14-6-4-5-13(17)16(14)18)12-9-11(20-2)7-8-15(12)21-3/h4-10,19H,1-3H3. The fourth-order valence-corrected chi connectivity index (χ4v) is 2.28. The molecule has 0 amide bonds. The van der Waals surface area contributed by atoms with Gasteiger partial charge in [0.15, 0.2) is 5.82 Å². The molecular formula is C16H17ClFNO2. The molecule has 1 N–H and O–H groups in total. The van der Waals surface area contributed by atoms with Crippen molar-refractivity contribution in [3.05, 3.63) is 52.8 Å². The second-order valence-electron chi connectivity index (χ2n) is 4.58. The minimum atomic E-state index is -0.465. The van der Waals surface area contributed by atoms with Gasteiger partial charge in [-0.05, 0) is 37.3 Å². The largest absolute Gasteiger partial charge is 0.497 e. The Balaban J connectivity index is 2.31. The number of hydrogen-bond acceptors (Lipinski definition) is 3. The average Bonchev–Trinajstić information content (AvgIpc) is 2.51. The van der Waals surface area contributed by atoms with E-state index in [0.29, 0.717) is 17.2 Å². The highest BCUT2D eigenvalue weighted by Crippen LogP contribution is 2.32. The number of halogens is 2. The van der Waals surface area contributed by atoms with Crippen LogP contribution in [0.1, 0.15) is 18.5 Å². The maximum absolute atomic E-state index is 14.0. The van der Waals surface area contributed by atoms with Gasteiger partial charge in [0.05, 0.1) is 31.0 Å². The van der Waals surface area contributed by atoms with Gasteiger partial charge in [-0.3, -0.25) is 0 Å². The number of hydrogen-bond donors (Lipinski definition) is 1. The molecule has 2 rings (SSSR count). The molecule has 0 aromatic heterocycles. The lowest BCUT2D eigenvalue weighted by molar-refractivity contribution is 0.397. The normalized spacial score (nSPS) is 11.9. The first-order chi connectivity index (χ1) is 10.1. The lowest BCUT2D eigenvalue weighted by Crippen LogP contribution is -2.09. The van der Waals surface area contributed by atoms with Crippen molar-refractivity contribution in [1.82, 2.24) is 0 Å². The Bertz CT molecular complexity index is 634. The zero-order valence-corrected chi connectivity index (χ0v) is 12.9. The van der Waals surface area contributed by atoms with Crippen LogP contribution in [0.3, 0.4) is 0 Å². The topological polar surface area (TPSA) is 30.5 Å². The molecule has 112 valence electrons. The lowest BCUT2D eigenvalue weighted by atomic mass is 10.1. The Hall–Kier alpha value is -1.94. The van der Waals surface area contributed by atoms with Crippen LogP contribution >= 0.6 is 11.6 Å². The highest BCUT2D eigenvalue weighted by Gasteiger charge is 2.15. The zero-order valence-electron chi connectivity index (χ0n) is 12.1. The first-order valence-corrected chi connectivity index (χ1v) is 6.87. The summed E-state index contributed by atoms with van der Waals surface area (Å²) >= 11 is 5.79.